The minimum atomic E-state index is 0.265. The zero-order chi connectivity index (χ0) is 14.0. The Morgan fingerprint density at radius 2 is 1.79 bits per heavy atom. The summed E-state index contributed by atoms with van der Waals surface area (Å²) in [6.45, 7) is 4.60. The lowest BCUT2D eigenvalue weighted by Crippen LogP contribution is -2.29. The second kappa shape index (κ2) is 6.40. The molecule has 19 heavy (non-hydrogen) atoms. The Balaban J connectivity index is 2.13. The summed E-state index contributed by atoms with van der Waals surface area (Å²) in [6, 6.07) is 3.59. The molecule has 0 bridgehead atoms. The summed E-state index contributed by atoms with van der Waals surface area (Å²) < 4.78 is 7.78. The van der Waals surface area contributed by atoms with Crippen molar-refractivity contribution < 1.29 is 9.53 Å². The average Bonchev–Trinajstić information content (AvgIpc) is 2.37. The molecule has 0 heterocycles. The zero-order valence-electron chi connectivity index (χ0n) is 11.2. The van der Waals surface area contributed by atoms with Crippen molar-refractivity contribution in [3.63, 3.8) is 0 Å². The van der Waals surface area contributed by atoms with E-state index in [-0.39, 0.29) is 6.10 Å². The summed E-state index contributed by atoms with van der Waals surface area (Å²) in [5.74, 6) is 2.28. The lowest BCUT2D eigenvalue weighted by Gasteiger charge is -2.32. The van der Waals surface area contributed by atoms with E-state index in [9.17, 15) is 4.79 Å². The lowest BCUT2D eigenvalue weighted by molar-refractivity contribution is 0.0992. The monoisotopic (exact) mass is 388 g/mol. The first kappa shape index (κ1) is 15.0. The molecule has 2 nitrogen and oxygen atoms in total. The molecule has 0 aromatic heterocycles. The van der Waals surface area contributed by atoms with Gasteiger partial charge in [-0.2, -0.15) is 0 Å². The third kappa shape index (κ3) is 3.60. The van der Waals surface area contributed by atoms with Gasteiger partial charge in [-0.3, -0.25) is 4.79 Å². The van der Waals surface area contributed by atoms with Gasteiger partial charge in [0.05, 0.1) is 15.0 Å². The van der Waals surface area contributed by atoms with E-state index in [1.165, 1.54) is 6.42 Å². The van der Waals surface area contributed by atoms with Crippen molar-refractivity contribution in [2.75, 3.05) is 0 Å². The number of carbonyl (C=O) groups is 1. The van der Waals surface area contributed by atoms with Crippen molar-refractivity contribution in [2.45, 2.75) is 39.2 Å². The number of ether oxygens (including phenoxy) is 1. The molecule has 1 saturated carbocycles. The molecule has 0 N–H and O–H groups in total. The Bertz CT molecular complexity index is 450. The van der Waals surface area contributed by atoms with Crippen LogP contribution in [0.1, 0.15) is 43.5 Å². The van der Waals surface area contributed by atoms with E-state index in [0.717, 1.165) is 39.7 Å². The largest absolute Gasteiger partial charge is 0.488 e. The normalized spacial score (nSPS) is 27.1. The van der Waals surface area contributed by atoms with Crippen LogP contribution in [0.15, 0.2) is 21.1 Å². The highest BCUT2D eigenvalue weighted by Gasteiger charge is 2.26. The van der Waals surface area contributed by atoms with Gasteiger partial charge in [-0.05, 0) is 75.1 Å². The molecule has 1 aromatic rings. The fraction of sp³-hybridized carbons (Fsp3) is 0.533. The van der Waals surface area contributed by atoms with E-state index in [1.54, 1.807) is 12.1 Å². The van der Waals surface area contributed by atoms with Crippen LogP contribution in [-0.2, 0) is 0 Å². The minimum absolute atomic E-state index is 0.265. The quantitative estimate of drug-likeness (QED) is 0.661. The molecule has 4 heteroatoms. The summed E-state index contributed by atoms with van der Waals surface area (Å²) in [5.41, 5.74) is 0.636. The maximum atomic E-state index is 10.8. The van der Waals surface area contributed by atoms with Crippen LogP contribution in [0, 0.1) is 11.8 Å². The van der Waals surface area contributed by atoms with Crippen LogP contribution in [0.2, 0.25) is 0 Å². The third-order valence-corrected chi connectivity index (χ3v) is 5.17. The second-order valence-corrected chi connectivity index (χ2v) is 7.15. The average molecular weight is 390 g/mol. The molecule has 3 atom stereocenters. The van der Waals surface area contributed by atoms with Gasteiger partial charge in [-0.1, -0.05) is 13.8 Å². The van der Waals surface area contributed by atoms with Gasteiger partial charge in [-0.15, -0.1) is 0 Å². The summed E-state index contributed by atoms with van der Waals surface area (Å²) in [4.78, 5) is 10.8. The Morgan fingerprint density at radius 1 is 1.16 bits per heavy atom. The van der Waals surface area contributed by atoms with Crippen LogP contribution in [0.4, 0.5) is 0 Å². The van der Waals surface area contributed by atoms with E-state index in [0.29, 0.717) is 11.5 Å². The second-order valence-electron chi connectivity index (χ2n) is 5.44. The van der Waals surface area contributed by atoms with Crippen LogP contribution >= 0.6 is 31.9 Å². The van der Waals surface area contributed by atoms with Gasteiger partial charge in [0.15, 0.2) is 0 Å². The highest BCUT2D eigenvalue weighted by molar-refractivity contribution is 9.11. The van der Waals surface area contributed by atoms with Gasteiger partial charge in [0.1, 0.15) is 12.0 Å². The van der Waals surface area contributed by atoms with Crippen LogP contribution < -0.4 is 4.74 Å². The van der Waals surface area contributed by atoms with Crippen molar-refractivity contribution in [1.82, 2.24) is 0 Å². The molecular formula is C15H18Br2O2. The molecule has 0 spiro atoms. The number of benzene rings is 1. The Morgan fingerprint density at radius 3 is 2.32 bits per heavy atom. The van der Waals surface area contributed by atoms with Crippen LogP contribution in [-0.4, -0.2) is 12.4 Å². The van der Waals surface area contributed by atoms with Gasteiger partial charge >= 0.3 is 0 Å². The Kier molecular flexibility index (Phi) is 5.07. The van der Waals surface area contributed by atoms with Crippen molar-refractivity contribution in [1.29, 1.82) is 0 Å². The van der Waals surface area contributed by atoms with Gasteiger partial charge in [0, 0.05) is 5.56 Å². The van der Waals surface area contributed by atoms with Crippen LogP contribution in [0.5, 0.6) is 5.75 Å². The summed E-state index contributed by atoms with van der Waals surface area (Å²) in [5, 5.41) is 0. The Hall–Kier alpha value is -0.350. The molecule has 0 aliphatic heterocycles. The number of carbonyl (C=O) groups excluding carboxylic acids is 1. The van der Waals surface area contributed by atoms with Gasteiger partial charge < -0.3 is 4.74 Å². The molecule has 1 aliphatic carbocycles. The topological polar surface area (TPSA) is 26.3 Å². The number of hydrogen-bond acceptors (Lipinski definition) is 2. The van der Waals surface area contributed by atoms with Gasteiger partial charge in [0.2, 0.25) is 0 Å². The number of aldehydes is 1. The van der Waals surface area contributed by atoms with Crippen LogP contribution in [0.25, 0.3) is 0 Å². The SMILES string of the molecule is CC1CCC(Oc2c(Br)cc(C=O)cc2Br)CC1C. The lowest BCUT2D eigenvalue weighted by atomic mass is 9.80. The molecule has 104 valence electrons. The van der Waals surface area contributed by atoms with E-state index < -0.39 is 0 Å². The fourth-order valence-corrected chi connectivity index (χ4v) is 3.94. The molecule has 1 aromatic carbocycles. The number of rotatable bonds is 3. The molecule has 3 unspecified atom stereocenters. The maximum absolute atomic E-state index is 10.8. The standard InChI is InChI=1S/C15H18Br2O2/c1-9-3-4-12(5-10(9)2)19-15-13(16)6-11(8-18)7-14(15)17/h6-10,12H,3-5H2,1-2H3. The summed E-state index contributed by atoms with van der Waals surface area (Å²) >= 11 is 6.96. The van der Waals surface area contributed by atoms with E-state index in [4.69, 9.17) is 4.74 Å². The predicted octanol–water partition coefficient (Wildman–Crippen LogP) is 5.23. The highest BCUT2D eigenvalue weighted by Crippen LogP contribution is 2.38. The fourth-order valence-electron chi connectivity index (χ4n) is 2.53. The number of halogens is 2. The smallest absolute Gasteiger partial charge is 0.150 e. The predicted molar refractivity (Wildman–Crippen MR) is 83.8 cm³/mol. The first-order valence-electron chi connectivity index (χ1n) is 6.62. The van der Waals surface area contributed by atoms with Crippen molar-refractivity contribution in [3.8, 4) is 5.75 Å². The summed E-state index contributed by atoms with van der Waals surface area (Å²) in [6.07, 6.45) is 4.51. The molecule has 1 aliphatic rings. The zero-order valence-corrected chi connectivity index (χ0v) is 14.3. The molecule has 1 fully saturated rings. The van der Waals surface area contributed by atoms with E-state index in [1.807, 2.05) is 0 Å². The molecule has 2 rings (SSSR count). The van der Waals surface area contributed by atoms with Crippen molar-refractivity contribution in [3.05, 3.63) is 26.6 Å². The maximum Gasteiger partial charge on any atom is 0.150 e. The first-order valence-corrected chi connectivity index (χ1v) is 8.20. The van der Waals surface area contributed by atoms with E-state index >= 15 is 0 Å². The van der Waals surface area contributed by atoms with Crippen LogP contribution in [0.3, 0.4) is 0 Å². The number of hydrogen-bond donors (Lipinski definition) is 0. The molecule has 0 saturated heterocycles. The third-order valence-electron chi connectivity index (χ3n) is 3.99. The molecular weight excluding hydrogens is 372 g/mol. The van der Waals surface area contributed by atoms with Gasteiger partial charge in [-0.25, -0.2) is 0 Å². The molecule has 0 amide bonds. The highest BCUT2D eigenvalue weighted by atomic mass is 79.9. The van der Waals surface area contributed by atoms with Gasteiger partial charge in [0.25, 0.3) is 0 Å². The summed E-state index contributed by atoms with van der Waals surface area (Å²) in [7, 11) is 0. The van der Waals surface area contributed by atoms with Crippen molar-refractivity contribution >= 4 is 38.1 Å². The van der Waals surface area contributed by atoms with E-state index in [2.05, 4.69) is 45.7 Å². The minimum Gasteiger partial charge on any atom is -0.488 e. The van der Waals surface area contributed by atoms with Crippen molar-refractivity contribution in [2.24, 2.45) is 11.8 Å². The molecule has 0 radical (unpaired) electrons. The first-order chi connectivity index (χ1) is 9.01. The Labute approximate surface area is 131 Å².